The zero-order valence-electron chi connectivity index (χ0n) is 14.2. The minimum absolute atomic E-state index is 0.112. The molecule has 0 radical (unpaired) electrons. The molecule has 1 aromatic carbocycles. The number of nitrogens with zero attached hydrogens (tertiary/aromatic N) is 3. The summed E-state index contributed by atoms with van der Waals surface area (Å²) in [6, 6.07) is 2.99. The molecule has 0 atom stereocenters. The van der Waals surface area contributed by atoms with Gasteiger partial charge in [0.25, 0.3) is 5.91 Å². The van der Waals surface area contributed by atoms with Crippen LogP contribution < -0.4 is 0 Å². The van der Waals surface area contributed by atoms with Crippen molar-refractivity contribution in [2.75, 3.05) is 45.8 Å². The number of amides is 2. The lowest BCUT2D eigenvalue weighted by atomic mass is 10.1. The topological polar surface area (TPSA) is 43.9 Å². The lowest BCUT2D eigenvalue weighted by Crippen LogP contribution is -2.52. The van der Waals surface area contributed by atoms with Crippen molar-refractivity contribution in [1.82, 2.24) is 14.7 Å². The number of carbonyl (C=O) groups is 2. The molecule has 25 heavy (non-hydrogen) atoms. The highest BCUT2D eigenvalue weighted by Crippen LogP contribution is 2.15. The zero-order chi connectivity index (χ0) is 17.8. The van der Waals surface area contributed by atoms with Crippen LogP contribution >= 0.6 is 0 Å². The summed E-state index contributed by atoms with van der Waals surface area (Å²) in [7, 11) is 0. The van der Waals surface area contributed by atoms with Crippen LogP contribution in [0.2, 0.25) is 0 Å². The molecule has 0 unspecified atom stereocenters. The van der Waals surface area contributed by atoms with E-state index >= 15 is 0 Å². The molecule has 0 bridgehead atoms. The fourth-order valence-corrected chi connectivity index (χ4v) is 3.38. The van der Waals surface area contributed by atoms with Gasteiger partial charge in [-0.15, -0.1) is 0 Å². The second-order valence-corrected chi connectivity index (χ2v) is 6.63. The van der Waals surface area contributed by atoms with Gasteiger partial charge in [-0.05, 0) is 31.4 Å². The van der Waals surface area contributed by atoms with E-state index in [1.54, 1.807) is 4.90 Å². The molecule has 0 spiro atoms. The third-order valence-electron chi connectivity index (χ3n) is 4.89. The Bertz CT molecular complexity index is 639. The maximum atomic E-state index is 13.8. The summed E-state index contributed by atoms with van der Waals surface area (Å²) < 4.78 is 26.7. The van der Waals surface area contributed by atoms with Crippen LogP contribution in [0.15, 0.2) is 18.2 Å². The average Bonchev–Trinajstić information content (AvgIpc) is 2.62. The summed E-state index contributed by atoms with van der Waals surface area (Å²) in [4.78, 5) is 30.2. The van der Waals surface area contributed by atoms with Crippen molar-refractivity contribution in [1.29, 1.82) is 0 Å². The smallest absolute Gasteiger partial charge is 0.256 e. The number of carbonyl (C=O) groups excluding carboxylic acids is 2. The number of hydrogen-bond donors (Lipinski definition) is 0. The number of piperidine rings is 1. The van der Waals surface area contributed by atoms with Gasteiger partial charge in [0.2, 0.25) is 5.91 Å². The van der Waals surface area contributed by atoms with Crippen molar-refractivity contribution in [3.8, 4) is 0 Å². The van der Waals surface area contributed by atoms with E-state index in [1.807, 2.05) is 9.80 Å². The van der Waals surface area contributed by atoms with Crippen LogP contribution in [0.4, 0.5) is 8.78 Å². The van der Waals surface area contributed by atoms with Crippen molar-refractivity contribution in [2.45, 2.75) is 19.3 Å². The first kappa shape index (κ1) is 17.8. The molecule has 1 aromatic rings. The van der Waals surface area contributed by atoms with Gasteiger partial charge >= 0.3 is 0 Å². The molecule has 5 nitrogen and oxygen atoms in total. The van der Waals surface area contributed by atoms with Crippen LogP contribution in [0.3, 0.4) is 0 Å². The molecule has 0 aliphatic carbocycles. The third kappa shape index (κ3) is 4.34. The summed E-state index contributed by atoms with van der Waals surface area (Å²) >= 11 is 0. The van der Waals surface area contributed by atoms with E-state index in [2.05, 4.69) is 0 Å². The fourth-order valence-electron chi connectivity index (χ4n) is 3.38. The van der Waals surface area contributed by atoms with Crippen molar-refractivity contribution in [3.63, 3.8) is 0 Å². The SMILES string of the molecule is O=C(CN1CCN(C(=O)c2ccc(F)cc2F)CC1)N1CCCCC1. The molecule has 0 aromatic heterocycles. The Labute approximate surface area is 146 Å². The van der Waals surface area contributed by atoms with Gasteiger partial charge in [-0.3, -0.25) is 14.5 Å². The van der Waals surface area contributed by atoms with E-state index in [0.717, 1.165) is 38.1 Å². The Kier molecular flexibility index (Phi) is 5.63. The highest BCUT2D eigenvalue weighted by Gasteiger charge is 2.26. The van der Waals surface area contributed by atoms with E-state index < -0.39 is 17.5 Å². The molecule has 7 heteroatoms. The molecular formula is C18H23F2N3O2. The van der Waals surface area contributed by atoms with Crippen LogP contribution in [0.1, 0.15) is 29.6 Å². The maximum absolute atomic E-state index is 13.8. The van der Waals surface area contributed by atoms with Crippen LogP contribution in [-0.2, 0) is 4.79 Å². The maximum Gasteiger partial charge on any atom is 0.256 e. The Morgan fingerprint density at radius 2 is 1.56 bits per heavy atom. The quantitative estimate of drug-likeness (QED) is 0.833. The first-order valence-electron chi connectivity index (χ1n) is 8.79. The lowest BCUT2D eigenvalue weighted by molar-refractivity contribution is -0.133. The largest absolute Gasteiger partial charge is 0.342 e. The highest BCUT2D eigenvalue weighted by molar-refractivity contribution is 5.94. The highest BCUT2D eigenvalue weighted by atomic mass is 19.1. The molecular weight excluding hydrogens is 328 g/mol. The van der Waals surface area contributed by atoms with Crippen molar-refractivity contribution in [3.05, 3.63) is 35.4 Å². The minimum atomic E-state index is -0.840. The second-order valence-electron chi connectivity index (χ2n) is 6.63. The molecule has 2 heterocycles. The third-order valence-corrected chi connectivity index (χ3v) is 4.89. The summed E-state index contributed by atoms with van der Waals surface area (Å²) in [6.45, 7) is 4.06. The molecule has 3 rings (SSSR count). The Morgan fingerprint density at radius 1 is 0.880 bits per heavy atom. The van der Waals surface area contributed by atoms with E-state index in [1.165, 1.54) is 12.5 Å². The molecule has 2 aliphatic rings. The van der Waals surface area contributed by atoms with Crippen LogP contribution in [0.5, 0.6) is 0 Å². The monoisotopic (exact) mass is 351 g/mol. The van der Waals surface area contributed by atoms with Crippen molar-refractivity contribution >= 4 is 11.8 Å². The van der Waals surface area contributed by atoms with Gasteiger partial charge in [-0.25, -0.2) is 8.78 Å². The Morgan fingerprint density at radius 3 is 2.20 bits per heavy atom. The van der Waals surface area contributed by atoms with Crippen molar-refractivity contribution in [2.24, 2.45) is 0 Å². The average molecular weight is 351 g/mol. The number of hydrogen-bond acceptors (Lipinski definition) is 3. The van der Waals surface area contributed by atoms with E-state index in [4.69, 9.17) is 0 Å². The fraction of sp³-hybridized carbons (Fsp3) is 0.556. The summed E-state index contributed by atoms with van der Waals surface area (Å²) in [6.07, 6.45) is 3.32. The molecule has 2 aliphatic heterocycles. The van der Waals surface area contributed by atoms with Gasteiger partial charge in [0, 0.05) is 45.3 Å². The first-order valence-corrected chi connectivity index (χ1v) is 8.79. The van der Waals surface area contributed by atoms with E-state index in [9.17, 15) is 18.4 Å². The number of benzene rings is 1. The standard InChI is InChI=1S/C18H23F2N3O2/c19-14-4-5-15(16(20)12-14)18(25)23-10-8-21(9-11-23)13-17(24)22-6-2-1-3-7-22/h4-5,12H,1-3,6-11,13H2. The first-order chi connectivity index (χ1) is 12.0. The normalized spacial score (nSPS) is 19.1. The second kappa shape index (κ2) is 7.91. The van der Waals surface area contributed by atoms with Gasteiger partial charge in [-0.2, -0.15) is 0 Å². The van der Waals surface area contributed by atoms with E-state index in [-0.39, 0.29) is 11.5 Å². The predicted octanol–water partition coefficient (Wildman–Crippen LogP) is 1.74. The number of likely N-dealkylation sites (tertiary alicyclic amines) is 1. The van der Waals surface area contributed by atoms with Crippen LogP contribution in [0, 0.1) is 11.6 Å². The summed E-state index contributed by atoms with van der Waals surface area (Å²) in [5.41, 5.74) is -0.112. The minimum Gasteiger partial charge on any atom is -0.342 e. The molecule has 2 fully saturated rings. The molecule has 2 amide bonds. The van der Waals surface area contributed by atoms with Crippen LogP contribution in [0.25, 0.3) is 0 Å². The summed E-state index contributed by atoms with van der Waals surface area (Å²) in [5.74, 6) is -1.83. The summed E-state index contributed by atoms with van der Waals surface area (Å²) in [5, 5.41) is 0. The molecule has 2 saturated heterocycles. The zero-order valence-corrected chi connectivity index (χ0v) is 14.2. The molecule has 0 N–H and O–H groups in total. The number of rotatable bonds is 3. The molecule has 136 valence electrons. The number of piperazine rings is 1. The number of halogens is 2. The Hall–Kier alpha value is -2.02. The van der Waals surface area contributed by atoms with Gasteiger partial charge < -0.3 is 9.80 Å². The van der Waals surface area contributed by atoms with Crippen LogP contribution in [-0.4, -0.2) is 72.3 Å². The van der Waals surface area contributed by atoms with E-state index in [0.29, 0.717) is 32.7 Å². The lowest BCUT2D eigenvalue weighted by Gasteiger charge is -2.36. The van der Waals surface area contributed by atoms with Gasteiger partial charge in [-0.1, -0.05) is 0 Å². The van der Waals surface area contributed by atoms with Gasteiger partial charge in [0.05, 0.1) is 12.1 Å². The van der Waals surface area contributed by atoms with Gasteiger partial charge in [0.15, 0.2) is 0 Å². The molecule has 0 saturated carbocycles. The van der Waals surface area contributed by atoms with Crippen molar-refractivity contribution < 1.29 is 18.4 Å². The predicted molar refractivity (Wildman–Crippen MR) is 89.1 cm³/mol. The van der Waals surface area contributed by atoms with Gasteiger partial charge in [0.1, 0.15) is 11.6 Å². The Balaban J connectivity index is 1.51.